The number of ether oxygens (including phenoxy) is 1. The standard InChI is InChI=1S/C7H10N2O2S2.C5H12O/c1-12-11-3-6-4-13-7(9-6)2-8-5-10;1-5(2,3)6-4/h4-5H,2-3H2,1H3,(H,8,10);1-4H3. The van der Waals surface area contributed by atoms with E-state index in [-0.39, 0.29) is 5.60 Å². The second-order valence-electron chi connectivity index (χ2n) is 4.48. The molecule has 1 rings (SSSR count). The maximum atomic E-state index is 9.99. The Morgan fingerprint density at radius 1 is 1.53 bits per heavy atom. The molecule has 0 aromatic carbocycles. The number of hydrogen-bond donors (Lipinski definition) is 1. The Kier molecular flexibility index (Phi) is 9.85. The van der Waals surface area contributed by atoms with Crippen LogP contribution in [0.3, 0.4) is 0 Å². The summed E-state index contributed by atoms with van der Waals surface area (Å²) in [6.07, 6.45) is 2.53. The van der Waals surface area contributed by atoms with E-state index >= 15 is 0 Å². The van der Waals surface area contributed by atoms with Gasteiger partial charge in [-0.3, -0.25) is 4.79 Å². The van der Waals surface area contributed by atoms with Gasteiger partial charge in [0.05, 0.1) is 17.8 Å². The average molecular weight is 306 g/mol. The fraction of sp³-hybridized carbons (Fsp3) is 0.667. The summed E-state index contributed by atoms with van der Waals surface area (Å²) in [5.41, 5.74) is 0.946. The number of aromatic nitrogens is 1. The van der Waals surface area contributed by atoms with E-state index in [2.05, 4.69) is 10.3 Å². The lowest BCUT2D eigenvalue weighted by Crippen LogP contribution is -2.15. The Labute approximate surface area is 123 Å². The summed E-state index contributed by atoms with van der Waals surface area (Å²) in [6.45, 7) is 7.07. The first-order valence-electron chi connectivity index (χ1n) is 5.74. The number of nitrogens with zero attached hydrogens (tertiary/aromatic N) is 1. The van der Waals surface area contributed by atoms with Crippen LogP contribution in [0.2, 0.25) is 0 Å². The van der Waals surface area contributed by atoms with Crippen molar-refractivity contribution in [3.63, 3.8) is 0 Å². The van der Waals surface area contributed by atoms with E-state index < -0.39 is 0 Å². The highest BCUT2D eigenvalue weighted by molar-refractivity contribution is 7.93. The molecule has 7 heteroatoms. The number of thiazole rings is 1. The van der Waals surface area contributed by atoms with E-state index in [1.54, 1.807) is 7.11 Å². The van der Waals surface area contributed by atoms with Gasteiger partial charge in [0.15, 0.2) is 0 Å². The average Bonchev–Trinajstić information content (AvgIpc) is 2.81. The quantitative estimate of drug-likeness (QED) is 0.646. The highest BCUT2D eigenvalue weighted by Gasteiger charge is 2.04. The first-order chi connectivity index (χ1) is 8.92. The third-order valence-electron chi connectivity index (χ3n) is 1.87. The zero-order valence-electron chi connectivity index (χ0n) is 12.1. The molecule has 0 fully saturated rings. The summed E-state index contributed by atoms with van der Waals surface area (Å²) < 4.78 is 10.0. The lowest BCUT2D eigenvalue weighted by atomic mass is 10.2. The van der Waals surface area contributed by atoms with Gasteiger partial charge in [-0.1, -0.05) is 0 Å². The van der Waals surface area contributed by atoms with Gasteiger partial charge in [-0.25, -0.2) is 4.98 Å². The number of amides is 1. The third kappa shape index (κ3) is 10.9. The van der Waals surface area contributed by atoms with Crippen LogP contribution >= 0.6 is 23.4 Å². The van der Waals surface area contributed by atoms with Gasteiger partial charge in [0.25, 0.3) is 0 Å². The third-order valence-corrected chi connectivity index (χ3v) is 3.12. The van der Waals surface area contributed by atoms with Gasteiger partial charge in [0, 0.05) is 18.7 Å². The molecule has 1 heterocycles. The Balaban J connectivity index is 0.000000459. The van der Waals surface area contributed by atoms with Crippen molar-refractivity contribution in [2.75, 3.05) is 13.4 Å². The number of carbonyl (C=O) groups excluding carboxylic acids is 1. The maximum Gasteiger partial charge on any atom is 0.207 e. The molecule has 0 atom stereocenters. The van der Waals surface area contributed by atoms with E-state index in [1.807, 2.05) is 32.4 Å². The fourth-order valence-corrected chi connectivity index (χ4v) is 1.71. The molecule has 1 aromatic rings. The van der Waals surface area contributed by atoms with Gasteiger partial charge in [-0.15, -0.1) is 11.3 Å². The van der Waals surface area contributed by atoms with Crippen LogP contribution in [0.15, 0.2) is 5.38 Å². The zero-order valence-corrected chi connectivity index (χ0v) is 13.7. The first-order valence-corrected chi connectivity index (χ1v) is 7.77. The van der Waals surface area contributed by atoms with Crippen molar-refractivity contribution in [1.82, 2.24) is 10.3 Å². The molecule has 19 heavy (non-hydrogen) atoms. The predicted molar refractivity (Wildman–Crippen MR) is 80.1 cm³/mol. The molecule has 1 N–H and O–H groups in total. The van der Waals surface area contributed by atoms with Crippen LogP contribution in [-0.4, -0.2) is 30.4 Å². The number of carbonyl (C=O) groups is 1. The number of nitrogens with one attached hydrogen (secondary N) is 1. The Morgan fingerprint density at radius 3 is 2.63 bits per heavy atom. The first kappa shape index (κ1) is 18.4. The van der Waals surface area contributed by atoms with Gasteiger partial charge >= 0.3 is 0 Å². The second-order valence-corrected chi connectivity index (χ2v) is 5.99. The Morgan fingerprint density at radius 2 is 2.16 bits per heavy atom. The van der Waals surface area contributed by atoms with Crippen molar-refractivity contribution in [3.05, 3.63) is 16.1 Å². The summed E-state index contributed by atoms with van der Waals surface area (Å²) >= 11 is 2.83. The molecular formula is C12H22N2O3S2. The lowest BCUT2D eigenvalue weighted by Gasteiger charge is -2.14. The van der Waals surface area contributed by atoms with Crippen molar-refractivity contribution in [1.29, 1.82) is 0 Å². The summed E-state index contributed by atoms with van der Waals surface area (Å²) in [5, 5.41) is 5.38. The van der Waals surface area contributed by atoms with Gasteiger partial charge in [-0.2, -0.15) is 0 Å². The second kappa shape index (κ2) is 10.2. The molecule has 110 valence electrons. The van der Waals surface area contributed by atoms with E-state index in [4.69, 9.17) is 8.92 Å². The molecule has 0 unspecified atom stereocenters. The van der Waals surface area contributed by atoms with Crippen molar-refractivity contribution in [3.8, 4) is 0 Å². The highest BCUT2D eigenvalue weighted by Crippen LogP contribution is 2.12. The largest absolute Gasteiger partial charge is 0.379 e. The smallest absolute Gasteiger partial charge is 0.207 e. The van der Waals surface area contributed by atoms with Crippen LogP contribution in [0.5, 0.6) is 0 Å². The molecule has 0 radical (unpaired) electrons. The number of hydrogen-bond acceptors (Lipinski definition) is 6. The number of methoxy groups -OCH3 is 1. The fourth-order valence-electron chi connectivity index (χ4n) is 0.745. The van der Waals surface area contributed by atoms with Crippen LogP contribution in [0.25, 0.3) is 0 Å². The van der Waals surface area contributed by atoms with Gasteiger partial charge in [-0.05, 0) is 32.8 Å². The van der Waals surface area contributed by atoms with Crippen LogP contribution in [0.4, 0.5) is 0 Å². The van der Waals surface area contributed by atoms with Gasteiger partial charge < -0.3 is 14.2 Å². The van der Waals surface area contributed by atoms with Crippen molar-refractivity contribution >= 4 is 29.8 Å². The van der Waals surface area contributed by atoms with E-state index in [0.29, 0.717) is 19.6 Å². The minimum absolute atomic E-state index is 0.0417. The molecule has 1 aromatic heterocycles. The minimum Gasteiger partial charge on any atom is -0.379 e. The monoisotopic (exact) mass is 306 g/mol. The molecule has 1 amide bonds. The van der Waals surface area contributed by atoms with Crippen LogP contribution in [0, 0.1) is 0 Å². The molecular weight excluding hydrogens is 284 g/mol. The number of rotatable bonds is 6. The minimum atomic E-state index is 0.0417. The summed E-state index contributed by atoms with van der Waals surface area (Å²) in [5.74, 6) is 0. The molecule has 5 nitrogen and oxygen atoms in total. The maximum absolute atomic E-state index is 9.99. The topological polar surface area (TPSA) is 60.5 Å². The molecule has 0 aliphatic heterocycles. The van der Waals surface area contributed by atoms with Crippen LogP contribution in [-0.2, 0) is 26.9 Å². The van der Waals surface area contributed by atoms with Crippen molar-refractivity contribution in [2.45, 2.75) is 39.5 Å². The van der Waals surface area contributed by atoms with E-state index in [9.17, 15) is 4.79 Å². The molecule has 0 bridgehead atoms. The molecule has 0 aliphatic carbocycles. The molecule has 0 aliphatic rings. The Hall–Kier alpha value is -0.630. The lowest BCUT2D eigenvalue weighted by molar-refractivity contribution is -0.109. The summed E-state index contributed by atoms with van der Waals surface area (Å²) in [7, 11) is 1.71. The zero-order chi connectivity index (χ0) is 14.7. The summed E-state index contributed by atoms with van der Waals surface area (Å²) in [6, 6.07) is 0. The molecule has 0 saturated carbocycles. The van der Waals surface area contributed by atoms with Crippen LogP contribution < -0.4 is 5.32 Å². The van der Waals surface area contributed by atoms with Crippen molar-refractivity contribution < 1.29 is 13.7 Å². The molecule has 0 spiro atoms. The normalized spacial score (nSPS) is 10.6. The Bertz CT molecular complexity index is 351. The highest BCUT2D eigenvalue weighted by atomic mass is 32.2. The SMILES string of the molecule is COC(C)(C)C.CSOCc1csc(CNC=O)n1. The summed E-state index contributed by atoms with van der Waals surface area (Å²) in [4.78, 5) is 14.2. The van der Waals surface area contributed by atoms with Crippen LogP contribution in [0.1, 0.15) is 31.5 Å². The molecule has 0 saturated heterocycles. The van der Waals surface area contributed by atoms with Gasteiger partial charge in [0.1, 0.15) is 11.6 Å². The van der Waals surface area contributed by atoms with Gasteiger partial charge in [0.2, 0.25) is 6.41 Å². The van der Waals surface area contributed by atoms with Crippen molar-refractivity contribution in [2.24, 2.45) is 0 Å². The van der Waals surface area contributed by atoms with E-state index in [1.165, 1.54) is 23.4 Å². The predicted octanol–water partition coefficient (Wildman–Crippen LogP) is 2.62. The van der Waals surface area contributed by atoms with E-state index in [0.717, 1.165) is 10.7 Å².